The van der Waals surface area contributed by atoms with E-state index in [4.69, 9.17) is 4.74 Å². The van der Waals surface area contributed by atoms with Crippen LogP contribution in [0.1, 0.15) is 42.2 Å². The summed E-state index contributed by atoms with van der Waals surface area (Å²) in [4.78, 5) is 28.9. The Hall–Kier alpha value is -2.95. The van der Waals surface area contributed by atoms with Gasteiger partial charge >= 0.3 is 5.97 Å². The van der Waals surface area contributed by atoms with Crippen molar-refractivity contribution in [1.82, 2.24) is 4.98 Å². The molecule has 0 radical (unpaired) electrons. The number of methoxy groups -OCH3 is 1. The third-order valence-corrected chi connectivity index (χ3v) is 4.62. The minimum Gasteiger partial charge on any atom is -0.465 e. The quantitative estimate of drug-likeness (QED) is 0.619. The number of carbonyl (C=O) groups is 2. The number of allylic oxidation sites excluding steroid dienone is 1. The number of esters is 1. The van der Waals surface area contributed by atoms with Gasteiger partial charge in [0, 0.05) is 29.1 Å². The number of amides is 1. The minimum atomic E-state index is -0.413. The van der Waals surface area contributed by atoms with Crippen molar-refractivity contribution in [2.24, 2.45) is 5.92 Å². The van der Waals surface area contributed by atoms with Crippen molar-refractivity contribution in [1.29, 1.82) is 0 Å². The number of carbonyl (C=O) groups excluding carboxylic acids is 2. The molecule has 1 aliphatic heterocycles. The highest BCUT2D eigenvalue weighted by Gasteiger charge is 2.18. The number of hydrogen-bond donors (Lipinski definition) is 1. The van der Waals surface area contributed by atoms with Gasteiger partial charge in [0.25, 0.3) is 0 Å². The third-order valence-electron chi connectivity index (χ3n) is 4.62. The fraction of sp³-hybridized carbons (Fsp3) is 0.286. The molecule has 134 valence electrons. The number of hydrogen-bond acceptors (Lipinski definition) is 4. The van der Waals surface area contributed by atoms with Crippen molar-refractivity contribution >= 4 is 17.6 Å². The zero-order valence-electron chi connectivity index (χ0n) is 15.2. The first-order chi connectivity index (χ1) is 12.5. The molecule has 0 aliphatic carbocycles. The Morgan fingerprint density at radius 3 is 2.81 bits per heavy atom. The first-order valence-corrected chi connectivity index (χ1v) is 8.66. The fourth-order valence-corrected chi connectivity index (χ4v) is 2.96. The summed E-state index contributed by atoms with van der Waals surface area (Å²) in [6.45, 7) is 3.97. The molecule has 0 spiro atoms. The average molecular weight is 350 g/mol. The van der Waals surface area contributed by atoms with Crippen LogP contribution in [0.5, 0.6) is 0 Å². The molecule has 2 atom stereocenters. The van der Waals surface area contributed by atoms with E-state index in [1.54, 1.807) is 24.4 Å². The van der Waals surface area contributed by atoms with Gasteiger partial charge in [0.1, 0.15) is 0 Å². The number of nitrogens with zero attached hydrogens (tertiary/aromatic N) is 1. The van der Waals surface area contributed by atoms with Gasteiger partial charge in [0.2, 0.25) is 5.91 Å². The van der Waals surface area contributed by atoms with Gasteiger partial charge in [-0.15, -0.1) is 0 Å². The highest BCUT2D eigenvalue weighted by Crippen LogP contribution is 2.32. The van der Waals surface area contributed by atoms with Crippen LogP contribution in [0.4, 0.5) is 5.69 Å². The Morgan fingerprint density at radius 1 is 1.23 bits per heavy atom. The van der Waals surface area contributed by atoms with Crippen LogP contribution in [0.2, 0.25) is 0 Å². The monoisotopic (exact) mass is 350 g/mol. The summed E-state index contributed by atoms with van der Waals surface area (Å²) in [5.74, 6) is -0.519. The number of aromatic nitrogens is 1. The van der Waals surface area contributed by atoms with E-state index in [9.17, 15) is 9.59 Å². The normalized spacial score (nSPS) is 20.8. The van der Waals surface area contributed by atoms with Gasteiger partial charge in [-0.3, -0.25) is 9.78 Å². The molecule has 26 heavy (non-hydrogen) atoms. The Kier molecular flexibility index (Phi) is 5.16. The molecule has 0 fully saturated rings. The van der Waals surface area contributed by atoms with Crippen molar-refractivity contribution < 1.29 is 14.3 Å². The lowest BCUT2D eigenvalue weighted by molar-refractivity contribution is -0.118. The maximum Gasteiger partial charge on any atom is 0.337 e. The predicted octanol–water partition coefficient (Wildman–Crippen LogP) is 4.17. The van der Waals surface area contributed by atoms with Crippen LogP contribution in [-0.2, 0) is 9.53 Å². The van der Waals surface area contributed by atoms with E-state index < -0.39 is 5.97 Å². The van der Waals surface area contributed by atoms with Gasteiger partial charge < -0.3 is 10.1 Å². The first kappa shape index (κ1) is 17.9. The molecule has 2 bridgehead atoms. The van der Waals surface area contributed by atoms with Crippen LogP contribution < -0.4 is 5.32 Å². The topological polar surface area (TPSA) is 68.3 Å². The van der Waals surface area contributed by atoms with Gasteiger partial charge in [0.15, 0.2) is 0 Å². The van der Waals surface area contributed by atoms with Crippen LogP contribution in [-0.4, -0.2) is 24.0 Å². The Bertz CT molecular complexity index is 873. The summed E-state index contributed by atoms with van der Waals surface area (Å²) in [7, 11) is 1.35. The van der Waals surface area contributed by atoms with E-state index in [2.05, 4.69) is 17.2 Å². The highest BCUT2D eigenvalue weighted by molar-refractivity contribution is 5.99. The van der Waals surface area contributed by atoms with E-state index in [1.165, 1.54) is 7.11 Å². The average Bonchev–Trinajstić information content (AvgIpc) is 2.66. The first-order valence-electron chi connectivity index (χ1n) is 8.66. The smallest absolute Gasteiger partial charge is 0.337 e. The van der Waals surface area contributed by atoms with Crippen LogP contribution >= 0.6 is 0 Å². The zero-order valence-corrected chi connectivity index (χ0v) is 15.2. The summed E-state index contributed by atoms with van der Waals surface area (Å²) >= 11 is 0. The summed E-state index contributed by atoms with van der Waals surface area (Å²) in [6, 6.07) is 9.04. The van der Waals surface area contributed by atoms with Crippen molar-refractivity contribution in [2.75, 3.05) is 12.4 Å². The van der Waals surface area contributed by atoms with Crippen LogP contribution in [0.25, 0.3) is 11.1 Å². The second-order valence-corrected chi connectivity index (χ2v) is 6.56. The van der Waals surface area contributed by atoms with Crippen molar-refractivity contribution in [3.63, 3.8) is 0 Å². The largest absolute Gasteiger partial charge is 0.465 e. The number of anilines is 1. The summed E-state index contributed by atoms with van der Waals surface area (Å²) < 4.78 is 4.83. The number of rotatable bonds is 1. The summed E-state index contributed by atoms with van der Waals surface area (Å²) in [5, 5.41) is 2.97. The number of benzene rings is 1. The van der Waals surface area contributed by atoms with Gasteiger partial charge in [0.05, 0.1) is 18.6 Å². The van der Waals surface area contributed by atoms with Crippen molar-refractivity contribution in [3.8, 4) is 11.1 Å². The van der Waals surface area contributed by atoms with Crippen molar-refractivity contribution in [2.45, 2.75) is 26.2 Å². The highest BCUT2D eigenvalue weighted by atomic mass is 16.5. The lowest BCUT2D eigenvalue weighted by Crippen LogP contribution is -2.19. The van der Waals surface area contributed by atoms with E-state index >= 15 is 0 Å². The van der Waals surface area contributed by atoms with E-state index in [1.807, 2.05) is 31.2 Å². The lowest BCUT2D eigenvalue weighted by Gasteiger charge is -2.17. The van der Waals surface area contributed by atoms with Gasteiger partial charge in [-0.2, -0.15) is 0 Å². The number of nitrogens with one attached hydrogen (secondary N) is 1. The molecule has 0 saturated heterocycles. The zero-order chi connectivity index (χ0) is 18.7. The molecule has 3 rings (SSSR count). The minimum absolute atomic E-state index is 0.0872. The molecule has 1 aliphatic rings. The van der Waals surface area contributed by atoms with Crippen LogP contribution in [0.3, 0.4) is 0 Å². The van der Waals surface area contributed by atoms with Crippen molar-refractivity contribution in [3.05, 3.63) is 59.9 Å². The molecule has 1 N–H and O–H groups in total. The molecular weight excluding hydrogens is 328 g/mol. The molecule has 1 aromatic carbocycles. The Balaban J connectivity index is 2.17. The van der Waals surface area contributed by atoms with Crippen LogP contribution in [0, 0.1) is 5.92 Å². The molecule has 1 amide bonds. The Morgan fingerprint density at radius 2 is 2.04 bits per heavy atom. The van der Waals surface area contributed by atoms with Gasteiger partial charge in [-0.1, -0.05) is 26.0 Å². The summed E-state index contributed by atoms with van der Waals surface area (Å²) in [5.41, 5.74) is 3.75. The SMILES string of the molecule is COC(=O)c1ccc2c(c1)-c1ccnc(c1)[C@@H](C)C/C=C/[C@@H](C)C(=O)N2. The standard InChI is InChI=1S/C21H22N2O3/c1-13-5-4-6-14(2)20(24)23-18-8-7-16(21(25)26-3)11-17(18)15-9-10-22-19(13)12-15/h4,6-14H,5H2,1-3H3,(H,23,24)/b6-4+/t13-,14+/m0/s1. The maximum atomic E-state index is 12.5. The van der Waals surface area contributed by atoms with Crippen LogP contribution in [0.15, 0.2) is 48.7 Å². The van der Waals surface area contributed by atoms with Gasteiger partial charge in [-0.25, -0.2) is 4.79 Å². The second kappa shape index (κ2) is 7.52. The molecule has 0 saturated carbocycles. The molecule has 5 heteroatoms. The maximum absolute atomic E-state index is 12.5. The van der Waals surface area contributed by atoms with E-state index in [0.717, 1.165) is 23.2 Å². The number of fused-ring (bicyclic) bond motifs is 4. The third kappa shape index (κ3) is 3.67. The summed E-state index contributed by atoms with van der Waals surface area (Å²) in [6.07, 6.45) is 6.52. The second-order valence-electron chi connectivity index (χ2n) is 6.56. The fourth-order valence-electron chi connectivity index (χ4n) is 2.96. The molecule has 0 unspecified atom stereocenters. The predicted molar refractivity (Wildman–Crippen MR) is 101 cm³/mol. The van der Waals surface area contributed by atoms with E-state index in [0.29, 0.717) is 11.3 Å². The molecule has 1 aromatic heterocycles. The van der Waals surface area contributed by atoms with E-state index in [-0.39, 0.29) is 17.7 Å². The molecule has 2 heterocycles. The molecular formula is C21H22N2O3. The molecule has 2 aromatic rings. The number of pyridine rings is 1. The molecule has 5 nitrogen and oxygen atoms in total. The number of ether oxygens (including phenoxy) is 1. The lowest BCUT2D eigenvalue weighted by atomic mass is 9.95. The Labute approximate surface area is 153 Å². The van der Waals surface area contributed by atoms with Gasteiger partial charge in [-0.05, 0) is 42.3 Å².